The van der Waals surface area contributed by atoms with Gasteiger partial charge in [0.2, 0.25) is 5.95 Å². The van der Waals surface area contributed by atoms with Gasteiger partial charge in [0.1, 0.15) is 6.61 Å². The maximum absolute atomic E-state index is 12.9. The quantitative estimate of drug-likeness (QED) is 0.860. The molecule has 0 spiro atoms. The van der Waals surface area contributed by atoms with Crippen LogP contribution in [0.25, 0.3) is 6.08 Å². The van der Waals surface area contributed by atoms with Gasteiger partial charge < -0.3 is 10.1 Å². The molecule has 1 aromatic carbocycles. The summed E-state index contributed by atoms with van der Waals surface area (Å²) < 4.78 is 17.9. The van der Waals surface area contributed by atoms with E-state index >= 15 is 0 Å². The molecule has 114 valence electrons. The maximum atomic E-state index is 12.9. The van der Waals surface area contributed by atoms with Gasteiger partial charge in [-0.05, 0) is 30.2 Å². The van der Waals surface area contributed by atoms with E-state index in [4.69, 9.17) is 4.74 Å². The number of nitrogens with zero attached hydrogens (tertiary/aromatic N) is 1. The fourth-order valence-corrected chi connectivity index (χ4v) is 1.82. The highest BCUT2D eigenvalue weighted by atomic mass is 19.1. The number of hydrogen-bond acceptors (Lipinski definition) is 3. The van der Waals surface area contributed by atoms with Crippen molar-refractivity contribution in [2.75, 3.05) is 6.54 Å². The van der Waals surface area contributed by atoms with Gasteiger partial charge in [0.05, 0.1) is 0 Å². The van der Waals surface area contributed by atoms with Crippen LogP contribution in [0.5, 0.6) is 0 Å². The Morgan fingerprint density at radius 1 is 1.27 bits per heavy atom. The maximum Gasteiger partial charge on any atom is 0.407 e. The van der Waals surface area contributed by atoms with Gasteiger partial charge in [0.25, 0.3) is 0 Å². The first-order chi connectivity index (χ1) is 10.6. The third kappa shape index (κ3) is 5.01. The molecular formula is C17H17FN2O2. The summed E-state index contributed by atoms with van der Waals surface area (Å²) in [6.45, 7) is 2.28. The van der Waals surface area contributed by atoms with Crippen molar-refractivity contribution in [3.8, 4) is 0 Å². The number of benzene rings is 1. The van der Waals surface area contributed by atoms with Gasteiger partial charge in [-0.15, -0.1) is 0 Å². The third-order valence-corrected chi connectivity index (χ3v) is 2.97. The minimum absolute atomic E-state index is 0.234. The van der Waals surface area contributed by atoms with E-state index in [1.165, 1.54) is 6.07 Å². The molecule has 1 N–H and O–H groups in total. The van der Waals surface area contributed by atoms with Crippen molar-refractivity contribution in [1.82, 2.24) is 10.3 Å². The van der Waals surface area contributed by atoms with Crippen LogP contribution >= 0.6 is 0 Å². The van der Waals surface area contributed by atoms with Crippen LogP contribution in [0.1, 0.15) is 16.8 Å². The SMILES string of the molecule is Cc1nc(F)ccc1C=CCNC(=O)OCc1ccccc1. The third-order valence-electron chi connectivity index (χ3n) is 2.97. The number of carbonyl (C=O) groups excluding carboxylic acids is 1. The Bertz CT molecular complexity index is 657. The normalized spacial score (nSPS) is 10.6. The minimum Gasteiger partial charge on any atom is -0.445 e. The first-order valence-electron chi connectivity index (χ1n) is 6.89. The average molecular weight is 300 g/mol. The Balaban J connectivity index is 1.73. The second-order valence-corrected chi connectivity index (χ2v) is 4.65. The van der Waals surface area contributed by atoms with E-state index in [-0.39, 0.29) is 6.61 Å². The molecule has 5 heteroatoms. The van der Waals surface area contributed by atoms with Crippen molar-refractivity contribution < 1.29 is 13.9 Å². The fraction of sp³-hybridized carbons (Fsp3) is 0.176. The number of carbonyl (C=O) groups is 1. The molecule has 1 heterocycles. The number of aromatic nitrogens is 1. The lowest BCUT2D eigenvalue weighted by Gasteiger charge is -2.05. The number of rotatable bonds is 5. The number of ether oxygens (including phenoxy) is 1. The molecule has 0 radical (unpaired) electrons. The molecule has 2 rings (SSSR count). The number of amides is 1. The number of hydrogen-bond donors (Lipinski definition) is 1. The molecule has 0 bridgehead atoms. The van der Waals surface area contributed by atoms with Crippen LogP contribution in [-0.4, -0.2) is 17.6 Å². The number of aryl methyl sites for hydroxylation is 1. The highest BCUT2D eigenvalue weighted by Crippen LogP contribution is 2.07. The molecule has 0 aliphatic heterocycles. The zero-order valence-electron chi connectivity index (χ0n) is 12.3. The van der Waals surface area contributed by atoms with Gasteiger partial charge in [0, 0.05) is 12.2 Å². The molecule has 0 saturated heterocycles. The fourth-order valence-electron chi connectivity index (χ4n) is 1.82. The minimum atomic E-state index is -0.503. The number of halogens is 1. The van der Waals surface area contributed by atoms with E-state index in [0.717, 1.165) is 11.1 Å². The summed E-state index contributed by atoms with van der Waals surface area (Å²) in [5, 5.41) is 2.61. The molecule has 2 aromatic rings. The highest BCUT2D eigenvalue weighted by Gasteiger charge is 2.01. The van der Waals surface area contributed by atoms with Crippen LogP contribution in [0.3, 0.4) is 0 Å². The van der Waals surface area contributed by atoms with E-state index in [9.17, 15) is 9.18 Å². The van der Waals surface area contributed by atoms with Crippen molar-refractivity contribution >= 4 is 12.2 Å². The van der Waals surface area contributed by atoms with Crippen LogP contribution in [-0.2, 0) is 11.3 Å². The van der Waals surface area contributed by atoms with E-state index in [1.807, 2.05) is 30.3 Å². The van der Waals surface area contributed by atoms with E-state index in [1.54, 1.807) is 25.1 Å². The molecule has 1 amide bonds. The second kappa shape index (κ2) is 7.93. The molecule has 0 aliphatic rings. The standard InChI is InChI=1S/C17H17FN2O2/c1-13-15(9-10-16(18)20-13)8-5-11-19-17(21)22-12-14-6-3-2-4-7-14/h2-10H,11-12H2,1H3,(H,19,21). The van der Waals surface area contributed by atoms with Gasteiger partial charge in [-0.3, -0.25) is 0 Å². The van der Waals surface area contributed by atoms with Crippen molar-refractivity contribution in [3.05, 3.63) is 71.3 Å². The molecule has 0 aliphatic carbocycles. The smallest absolute Gasteiger partial charge is 0.407 e. The Labute approximate surface area is 128 Å². The lowest BCUT2D eigenvalue weighted by molar-refractivity contribution is 0.141. The Hall–Kier alpha value is -2.69. The Morgan fingerprint density at radius 3 is 2.77 bits per heavy atom. The molecule has 0 fully saturated rings. The van der Waals surface area contributed by atoms with Gasteiger partial charge >= 0.3 is 6.09 Å². The Kier molecular flexibility index (Phi) is 5.65. The van der Waals surface area contributed by atoms with Crippen molar-refractivity contribution in [2.24, 2.45) is 0 Å². The molecule has 4 nitrogen and oxygen atoms in total. The van der Waals surface area contributed by atoms with Crippen molar-refractivity contribution in [3.63, 3.8) is 0 Å². The lowest BCUT2D eigenvalue weighted by atomic mass is 10.2. The van der Waals surface area contributed by atoms with E-state index in [0.29, 0.717) is 12.2 Å². The molecular weight excluding hydrogens is 283 g/mol. The van der Waals surface area contributed by atoms with Crippen molar-refractivity contribution in [2.45, 2.75) is 13.5 Å². The van der Waals surface area contributed by atoms with Crippen LogP contribution in [0.2, 0.25) is 0 Å². The second-order valence-electron chi connectivity index (χ2n) is 4.65. The predicted molar refractivity (Wildman–Crippen MR) is 82.6 cm³/mol. The summed E-state index contributed by atoms with van der Waals surface area (Å²) in [6.07, 6.45) is 3.05. The van der Waals surface area contributed by atoms with Gasteiger partial charge in [-0.1, -0.05) is 42.5 Å². The largest absolute Gasteiger partial charge is 0.445 e. The van der Waals surface area contributed by atoms with Gasteiger partial charge in [-0.2, -0.15) is 4.39 Å². The van der Waals surface area contributed by atoms with E-state index in [2.05, 4.69) is 10.3 Å². The molecule has 1 aromatic heterocycles. The summed E-state index contributed by atoms with van der Waals surface area (Å²) in [5.41, 5.74) is 2.34. The monoisotopic (exact) mass is 300 g/mol. The average Bonchev–Trinajstić information content (AvgIpc) is 2.52. The number of nitrogens with one attached hydrogen (secondary N) is 1. The molecule has 0 unspecified atom stereocenters. The van der Waals surface area contributed by atoms with Gasteiger partial charge in [-0.25, -0.2) is 9.78 Å². The molecule has 22 heavy (non-hydrogen) atoms. The summed E-state index contributed by atoms with van der Waals surface area (Å²) in [6, 6.07) is 12.4. The molecule has 0 saturated carbocycles. The van der Waals surface area contributed by atoms with Crippen LogP contribution in [0.4, 0.5) is 9.18 Å². The number of alkyl carbamates (subject to hydrolysis) is 1. The highest BCUT2D eigenvalue weighted by molar-refractivity contribution is 5.67. The lowest BCUT2D eigenvalue weighted by Crippen LogP contribution is -2.24. The number of pyridine rings is 1. The zero-order chi connectivity index (χ0) is 15.8. The van der Waals surface area contributed by atoms with E-state index < -0.39 is 12.0 Å². The zero-order valence-corrected chi connectivity index (χ0v) is 12.3. The summed E-state index contributed by atoms with van der Waals surface area (Å²) >= 11 is 0. The first kappa shape index (κ1) is 15.7. The molecule has 0 atom stereocenters. The van der Waals surface area contributed by atoms with Crippen LogP contribution < -0.4 is 5.32 Å². The summed E-state index contributed by atoms with van der Waals surface area (Å²) in [7, 11) is 0. The van der Waals surface area contributed by atoms with Crippen molar-refractivity contribution in [1.29, 1.82) is 0 Å². The first-order valence-corrected chi connectivity index (χ1v) is 6.89. The van der Waals surface area contributed by atoms with Crippen LogP contribution in [0.15, 0.2) is 48.5 Å². The van der Waals surface area contributed by atoms with Gasteiger partial charge in [0.15, 0.2) is 0 Å². The summed E-state index contributed by atoms with van der Waals surface area (Å²) in [5.74, 6) is -0.503. The topological polar surface area (TPSA) is 51.2 Å². The predicted octanol–water partition coefficient (Wildman–Crippen LogP) is 3.47. The summed E-state index contributed by atoms with van der Waals surface area (Å²) in [4.78, 5) is 15.2. The van der Waals surface area contributed by atoms with Crippen LogP contribution in [0, 0.1) is 12.9 Å². The Morgan fingerprint density at radius 2 is 2.05 bits per heavy atom.